The molecule has 0 amide bonds. The molecule has 1 unspecified atom stereocenters. The summed E-state index contributed by atoms with van der Waals surface area (Å²) < 4.78 is 71.5. The molecule has 1 spiro atoms. The fraction of sp³-hybridized carbons (Fsp3) is 0.538. The van der Waals surface area contributed by atoms with Gasteiger partial charge in [0.05, 0.1) is 28.6 Å². The standard InChI is InChI=1S/C26H35N3O8S2/c1-27-38(31,32)23-4-2-3-22(14-23)36-18-21(30)16-28-20-15-26(37-17-20)8-10-29(11-9-26)39(33,34)24-5-6-25-19(13-24)7-12-35-25/h2-6,13-14,20-21,27-28,30H,7-12,15-18H2,1H3/t20?,21-/m0/s1. The smallest absolute Gasteiger partial charge is 0.243 e. The minimum absolute atomic E-state index is 0.00356. The van der Waals surface area contributed by atoms with Gasteiger partial charge in [-0.25, -0.2) is 21.6 Å². The summed E-state index contributed by atoms with van der Waals surface area (Å²) in [6.45, 7) is 2.12. The fourth-order valence-electron chi connectivity index (χ4n) is 5.33. The third-order valence-electron chi connectivity index (χ3n) is 7.61. The summed E-state index contributed by atoms with van der Waals surface area (Å²) in [6.07, 6.45) is 1.86. The number of hydrogen-bond donors (Lipinski definition) is 3. The van der Waals surface area contributed by atoms with Crippen molar-refractivity contribution in [2.75, 3.05) is 46.5 Å². The molecule has 2 aromatic rings. The molecule has 3 heterocycles. The number of ether oxygens (including phenoxy) is 3. The van der Waals surface area contributed by atoms with E-state index >= 15 is 0 Å². The molecule has 0 aliphatic carbocycles. The molecule has 0 saturated carbocycles. The Bertz CT molecular complexity index is 1390. The number of piperidine rings is 1. The van der Waals surface area contributed by atoms with Gasteiger partial charge in [-0.3, -0.25) is 0 Å². The second kappa shape index (κ2) is 11.3. The van der Waals surface area contributed by atoms with Crippen LogP contribution in [0.2, 0.25) is 0 Å². The molecular weight excluding hydrogens is 546 g/mol. The van der Waals surface area contributed by atoms with Crippen molar-refractivity contribution in [2.45, 2.75) is 53.2 Å². The monoisotopic (exact) mass is 581 g/mol. The molecule has 0 bridgehead atoms. The Kier molecular flexibility index (Phi) is 8.20. The van der Waals surface area contributed by atoms with Gasteiger partial charge >= 0.3 is 0 Å². The predicted molar refractivity (Wildman–Crippen MR) is 143 cm³/mol. The van der Waals surface area contributed by atoms with Crippen molar-refractivity contribution >= 4 is 20.0 Å². The molecule has 0 aromatic heterocycles. The van der Waals surface area contributed by atoms with Gasteiger partial charge in [0.15, 0.2) is 0 Å². The topological polar surface area (TPSA) is 144 Å². The van der Waals surface area contributed by atoms with Crippen LogP contribution in [-0.2, 0) is 31.2 Å². The largest absolute Gasteiger partial charge is 0.493 e. The molecule has 13 heteroatoms. The zero-order chi connectivity index (χ0) is 27.7. The number of hydrogen-bond acceptors (Lipinski definition) is 9. The van der Waals surface area contributed by atoms with Crippen LogP contribution < -0.4 is 19.5 Å². The molecule has 3 aliphatic heterocycles. The average molecular weight is 582 g/mol. The lowest BCUT2D eigenvalue weighted by molar-refractivity contribution is -0.0312. The van der Waals surface area contributed by atoms with Crippen molar-refractivity contribution in [2.24, 2.45) is 0 Å². The Labute approximate surface area is 229 Å². The summed E-state index contributed by atoms with van der Waals surface area (Å²) >= 11 is 0. The van der Waals surface area contributed by atoms with Gasteiger partial charge in [-0.15, -0.1) is 0 Å². The predicted octanol–water partition coefficient (Wildman–Crippen LogP) is 0.871. The van der Waals surface area contributed by atoms with E-state index < -0.39 is 26.2 Å². The molecule has 5 rings (SSSR count). The van der Waals surface area contributed by atoms with Gasteiger partial charge in [-0.1, -0.05) is 6.07 Å². The third-order valence-corrected chi connectivity index (χ3v) is 10.9. The highest BCUT2D eigenvalue weighted by Crippen LogP contribution is 2.38. The highest BCUT2D eigenvalue weighted by atomic mass is 32.2. The first-order valence-corrected chi connectivity index (χ1v) is 16.0. The fourth-order valence-corrected chi connectivity index (χ4v) is 7.59. The number of benzene rings is 2. The molecule has 39 heavy (non-hydrogen) atoms. The lowest BCUT2D eigenvalue weighted by Gasteiger charge is -2.38. The number of nitrogens with zero attached hydrogens (tertiary/aromatic N) is 1. The van der Waals surface area contributed by atoms with Gasteiger partial charge in [-0.05, 0) is 62.2 Å². The maximum atomic E-state index is 13.2. The maximum absolute atomic E-state index is 13.2. The number of sulfonamides is 2. The first-order chi connectivity index (χ1) is 18.6. The quantitative estimate of drug-likeness (QED) is 0.372. The Balaban J connectivity index is 1.08. The molecule has 0 radical (unpaired) electrons. The van der Waals surface area contributed by atoms with E-state index in [0.717, 1.165) is 24.2 Å². The van der Waals surface area contributed by atoms with Crippen LogP contribution in [0.1, 0.15) is 24.8 Å². The van der Waals surface area contributed by atoms with Crippen LogP contribution in [-0.4, -0.2) is 90.5 Å². The van der Waals surface area contributed by atoms with E-state index in [1.807, 2.05) is 0 Å². The third kappa shape index (κ3) is 6.24. The molecule has 214 valence electrons. The van der Waals surface area contributed by atoms with E-state index in [1.54, 1.807) is 30.3 Å². The summed E-state index contributed by atoms with van der Waals surface area (Å²) in [5.41, 5.74) is 0.552. The van der Waals surface area contributed by atoms with Crippen LogP contribution >= 0.6 is 0 Å². The van der Waals surface area contributed by atoms with E-state index in [4.69, 9.17) is 14.2 Å². The van der Waals surface area contributed by atoms with Gasteiger partial charge in [0.25, 0.3) is 0 Å². The van der Waals surface area contributed by atoms with Crippen molar-refractivity contribution in [3.8, 4) is 11.5 Å². The van der Waals surface area contributed by atoms with Crippen LogP contribution in [0.15, 0.2) is 52.3 Å². The Morgan fingerprint density at radius 2 is 1.92 bits per heavy atom. The van der Waals surface area contributed by atoms with Crippen LogP contribution in [0, 0.1) is 0 Å². The van der Waals surface area contributed by atoms with Crippen LogP contribution in [0.3, 0.4) is 0 Å². The van der Waals surface area contributed by atoms with Gasteiger partial charge < -0.3 is 24.6 Å². The van der Waals surface area contributed by atoms with E-state index in [-0.39, 0.29) is 29.7 Å². The molecule has 3 aliphatic rings. The first-order valence-electron chi connectivity index (χ1n) is 13.1. The molecule has 2 atom stereocenters. The number of aliphatic hydroxyl groups excluding tert-OH is 1. The van der Waals surface area contributed by atoms with Crippen molar-refractivity contribution in [3.63, 3.8) is 0 Å². The molecular formula is C26H35N3O8S2. The summed E-state index contributed by atoms with van der Waals surface area (Å²) in [5.74, 6) is 1.11. The number of nitrogens with one attached hydrogen (secondary N) is 2. The van der Waals surface area contributed by atoms with Crippen LogP contribution in [0.5, 0.6) is 11.5 Å². The van der Waals surface area contributed by atoms with E-state index in [0.29, 0.717) is 49.8 Å². The molecule has 3 N–H and O–H groups in total. The number of rotatable bonds is 10. The van der Waals surface area contributed by atoms with Gasteiger partial charge in [0.2, 0.25) is 20.0 Å². The molecule has 2 saturated heterocycles. The number of aliphatic hydroxyl groups is 1. The Hall–Kier alpha value is -2.26. The second-order valence-corrected chi connectivity index (χ2v) is 14.0. The van der Waals surface area contributed by atoms with Crippen LogP contribution in [0.4, 0.5) is 0 Å². The molecule has 2 aromatic carbocycles. The van der Waals surface area contributed by atoms with Crippen molar-refractivity contribution in [3.05, 3.63) is 48.0 Å². The zero-order valence-corrected chi connectivity index (χ0v) is 23.5. The first kappa shape index (κ1) is 28.3. The van der Waals surface area contributed by atoms with Crippen molar-refractivity contribution < 1.29 is 36.2 Å². The number of fused-ring (bicyclic) bond motifs is 1. The van der Waals surface area contributed by atoms with Gasteiger partial charge in [-0.2, -0.15) is 4.31 Å². The van der Waals surface area contributed by atoms with E-state index in [2.05, 4.69) is 10.0 Å². The second-order valence-electron chi connectivity index (χ2n) is 10.2. The molecule has 2 fully saturated rings. The normalized spacial score (nSPS) is 21.9. The highest BCUT2D eigenvalue weighted by Gasteiger charge is 2.44. The summed E-state index contributed by atoms with van der Waals surface area (Å²) in [5, 5.41) is 13.7. The molecule has 11 nitrogen and oxygen atoms in total. The lowest BCUT2D eigenvalue weighted by atomic mass is 9.88. The summed E-state index contributed by atoms with van der Waals surface area (Å²) in [7, 11) is -5.83. The minimum Gasteiger partial charge on any atom is -0.493 e. The highest BCUT2D eigenvalue weighted by molar-refractivity contribution is 7.89. The van der Waals surface area contributed by atoms with Crippen molar-refractivity contribution in [1.82, 2.24) is 14.3 Å². The van der Waals surface area contributed by atoms with E-state index in [1.165, 1.54) is 23.5 Å². The van der Waals surface area contributed by atoms with Gasteiger partial charge in [0, 0.05) is 38.2 Å². The Morgan fingerprint density at radius 1 is 1.13 bits per heavy atom. The maximum Gasteiger partial charge on any atom is 0.243 e. The minimum atomic E-state index is -3.58. The average Bonchev–Trinajstić information content (AvgIpc) is 3.58. The van der Waals surface area contributed by atoms with E-state index in [9.17, 15) is 21.9 Å². The van der Waals surface area contributed by atoms with Gasteiger partial charge in [0.1, 0.15) is 24.2 Å². The summed E-state index contributed by atoms with van der Waals surface area (Å²) in [6, 6.07) is 11.2. The zero-order valence-electron chi connectivity index (χ0n) is 21.8. The summed E-state index contributed by atoms with van der Waals surface area (Å²) in [4.78, 5) is 0.394. The van der Waals surface area contributed by atoms with Crippen LogP contribution in [0.25, 0.3) is 0 Å². The Morgan fingerprint density at radius 3 is 2.69 bits per heavy atom. The SMILES string of the molecule is CNS(=O)(=O)c1cccc(OC[C@@H](O)CNC2COC3(CCN(S(=O)(=O)c4ccc5c(c4)CCO5)CC3)C2)c1. The lowest BCUT2D eigenvalue weighted by Crippen LogP contribution is -2.47. The van der Waals surface area contributed by atoms with Crippen molar-refractivity contribution in [1.29, 1.82) is 0 Å².